The molecule has 2 heterocycles. The van der Waals surface area contributed by atoms with Crippen LogP contribution in [0.2, 0.25) is 0 Å². The van der Waals surface area contributed by atoms with Gasteiger partial charge in [-0.15, -0.1) is 10.2 Å². The van der Waals surface area contributed by atoms with Crippen LogP contribution in [0.4, 0.5) is 13.2 Å². The van der Waals surface area contributed by atoms with Gasteiger partial charge in [0.1, 0.15) is 0 Å². The zero-order chi connectivity index (χ0) is 20.7. The van der Waals surface area contributed by atoms with Crippen LogP contribution < -0.4 is 0 Å². The van der Waals surface area contributed by atoms with Gasteiger partial charge in [0.25, 0.3) is 0 Å². The first-order valence-electron chi connectivity index (χ1n) is 8.90. The lowest BCUT2D eigenvalue weighted by molar-refractivity contribution is -0.157. The number of sulfonamides is 1. The van der Waals surface area contributed by atoms with Crippen LogP contribution in [0.25, 0.3) is 0 Å². The Labute approximate surface area is 161 Å². The second kappa shape index (κ2) is 7.14. The Morgan fingerprint density at radius 1 is 1.04 bits per heavy atom. The molecule has 1 aromatic heterocycles. The summed E-state index contributed by atoms with van der Waals surface area (Å²) in [6, 6.07) is 6.79. The first-order valence-corrected chi connectivity index (χ1v) is 10.3. The van der Waals surface area contributed by atoms with Gasteiger partial charge >= 0.3 is 12.1 Å². The highest BCUT2D eigenvalue weighted by Gasteiger charge is 2.39. The number of halogens is 3. The van der Waals surface area contributed by atoms with E-state index in [9.17, 15) is 21.6 Å². The first-order chi connectivity index (χ1) is 12.9. The molecule has 0 amide bonds. The lowest BCUT2D eigenvalue weighted by Gasteiger charge is -2.29. The van der Waals surface area contributed by atoms with Crippen molar-refractivity contribution in [2.24, 2.45) is 0 Å². The molecule has 0 N–H and O–H groups in total. The van der Waals surface area contributed by atoms with Gasteiger partial charge in [0.2, 0.25) is 15.9 Å². The molecule has 0 saturated carbocycles. The van der Waals surface area contributed by atoms with Gasteiger partial charge in [-0.1, -0.05) is 32.9 Å². The molecule has 0 radical (unpaired) electrons. The average Bonchev–Trinajstić information content (AvgIpc) is 3.12. The highest BCUT2D eigenvalue weighted by Crippen LogP contribution is 2.34. The van der Waals surface area contributed by atoms with E-state index in [1.165, 1.54) is 4.31 Å². The van der Waals surface area contributed by atoms with Crippen molar-refractivity contribution < 1.29 is 26.0 Å². The monoisotopic (exact) mass is 417 g/mol. The largest absolute Gasteiger partial charge is 0.470 e. The van der Waals surface area contributed by atoms with Gasteiger partial charge in [0, 0.05) is 19.0 Å². The fourth-order valence-electron chi connectivity index (χ4n) is 3.13. The summed E-state index contributed by atoms with van der Waals surface area (Å²) in [5.74, 6) is -1.87. The Hall–Kier alpha value is -1.94. The lowest BCUT2D eigenvalue weighted by atomic mass is 9.87. The van der Waals surface area contributed by atoms with E-state index in [1.807, 2.05) is 20.8 Å². The topological polar surface area (TPSA) is 76.3 Å². The van der Waals surface area contributed by atoms with E-state index in [0.29, 0.717) is 12.8 Å². The number of nitrogens with zero attached hydrogens (tertiary/aromatic N) is 3. The third kappa shape index (κ3) is 4.22. The standard InChI is InChI=1S/C18H22F3N3O3S/c1-17(2,3)13-4-6-14(7-5-13)28(25,26)24-10-8-12(9-11-24)15-22-23-16(27-15)18(19,20)21/h4-7,12H,8-11H2,1-3H3. The Morgan fingerprint density at radius 3 is 2.07 bits per heavy atom. The third-order valence-electron chi connectivity index (χ3n) is 4.84. The zero-order valence-corrected chi connectivity index (χ0v) is 16.6. The molecule has 1 fully saturated rings. The number of aromatic nitrogens is 2. The number of alkyl halides is 3. The maximum Gasteiger partial charge on any atom is 0.470 e. The SMILES string of the molecule is CC(C)(C)c1ccc(S(=O)(=O)N2CCC(c3nnc(C(F)(F)F)o3)CC2)cc1. The van der Waals surface area contributed by atoms with E-state index in [1.54, 1.807) is 24.3 Å². The van der Waals surface area contributed by atoms with E-state index in [4.69, 9.17) is 4.42 Å². The number of hydrogen-bond donors (Lipinski definition) is 0. The zero-order valence-electron chi connectivity index (χ0n) is 15.8. The summed E-state index contributed by atoms with van der Waals surface area (Å²) in [5, 5.41) is 6.51. The molecule has 28 heavy (non-hydrogen) atoms. The maximum atomic E-state index is 12.9. The van der Waals surface area contributed by atoms with Gasteiger partial charge in [0.05, 0.1) is 4.90 Å². The average molecular weight is 417 g/mol. The molecular formula is C18H22F3N3O3S. The van der Waals surface area contributed by atoms with Crippen molar-refractivity contribution in [2.75, 3.05) is 13.1 Å². The summed E-state index contributed by atoms with van der Waals surface area (Å²) in [7, 11) is -3.66. The molecule has 0 aliphatic carbocycles. The first kappa shape index (κ1) is 20.8. The molecule has 1 aliphatic heterocycles. The van der Waals surface area contributed by atoms with Crippen LogP contribution in [0, 0.1) is 0 Å². The van der Waals surface area contributed by atoms with Crippen LogP contribution >= 0.6 is 0 Å². The predicted octanol–water partition coefficient (Wildman–Crippen LogP) is 3.95. The smallest absolute Gasteiger partial charge is 0.417 e. The normalized spacial score (nSPS) is 17.8. The molecule has 2 aromatic rings. The van der Waals surface area contributed by atoms with Crippen molar-refractivity contribution in [2.45, 2.75) is 56.0 Å². The van der Waals surface area contributed by atoms with Crippen LogP contribution in [-0.4, -0.2) is 36.0 Å². The molecule has 1 aromatic carbocycles. The summed E-state index contributed by atoms with van der Waals surface area (Å²) in [6.07, 6.45) is -4.05. The van der Waals surface area contributed by atoms with Crippen molar-refractivity contribution in [1.82, 2.24) is 14.5 Å². The van der Waals surface area contributed by atoms with Gasteiger partial charge in [-0.05, 0) is 36.0 Å². The van der Waals surface area contributed by atoms with E-state index < -0.39 is 28.0 Å². The minimum atomic E-state index is -4.69. The Bertz CT molecular complexity index is 923. The number of hydrogen-bond acceptors (Lipinski definition) is 5. The number of piperidine rings is 1. The summed E-state index contributed by atoms with van der Waals surface area (Å²) in [5.41, 5.74) is 0.946. The summed E-state index contributed by atoms with van der Waals surface area (Å²) in [6.45, 7) is 6.49. The van der Waals surface area contributed by atoms with Gasteiger partial charge in [-0.25, -0.2) is 8.42 Å². The molecule has 0 atom stereocenters. The van der Waals surface area contributed by atoms with Crippen LogP contribution in [0.15, 0.2) is 33.6 Å². The van der Waals surface area contributed by atoms with E-state index in [0.717, 1.165) is 5.56 Å². The highest BCUT2D eigenvalue weighted by atomic mass is 32.2. The third-order valence-corrected chi connectivity index (χ3v) is 6.76. The van der Waals surface area contributed by atoms with Crippen molar-refractivity contribution in [1.29, 1.82) is 0 Å². The Balaban J connectivity index is 1.69. The van der Waals surface area contributed by atoms with Crippen LogP contribution in [0.5, 0.6) is 0 Å². The second-order valence-electron chi connectivity index (χ2n) is 7.90. The molecule has 6 nitrogen and oxygen atoms in total. The molecular weight excluding hydrogens is 395 g/mol. The summed E-state index contributed by atoms with van der Waals surface area (Å²) >= 11 is 0. The second-order valence-corrected chi connectivity index (χ2v) is 9.83. The minimum absolute atomic E-state index is 0.0834. The fraction of sp³-hybridized carbons (Fsp3) is 0.556. The van der Waals surface area contributed by atoms with Crippen LogP contribution in [-0.2, 0) is 21.6 Å². The van der Waals surface area contributed by atoms with Gasteiger partial charge in [0.15, 0.2) is 0 Å². The summed E-state index contributed by atoms with van der Waals surface area (Å²) < 4.78 is 69.6. The molecule has 1 saturated heterocycles. The van der Waals surface area contributed by atoms with Gasteiger partial charge in [-0.3, -0.25) is 0 Å². The Kier molecular flexibility index (Phi) is 5.30. The highest BCUT2D eigenvalue weighted by molar-refractivity contribution is 7.89. The predicted molar refractivity (Wildman–Crippen MR) is 95.2 cm³/mol. The molecule has 3 rings (SSSR count). The minimum Gasteiger partial charge on any atom is -0.417 e. The van der Waals surface area contributed by atoms with E-state index in [2.05, 4.69) is 10.2 Å². The molecule has 1 aliphatic rings. The maximum absolute atomic E-state index is 12.9. The van der Waals surface area contributed by atoms with E-state index in [-0.39, 0.29) is 29.3 Å². The Morgan fingerprint density at radius 2 is 1.61 bits per heavy atom. The van der Waals surface area contributed by atoms with E-state index >= 15 is 0 Å². The molecule has 10 heteroatoms. The van der Waals surface area contributed by atoms with Crippen molar-refractivity contribution in [3.05, 3.63) is 41.6 Å². The molecule has 0 bridgehead atoms. The molecule has 0 spiro atoms. The quantitative estimate of drug-likeness (QED) is 0.756. The van der Waals surface area contributed by atoms with Crippen LogP contribution in [0.3, 0.4) is 0 Å². The molecule has 0 unspecified atom stereocenters. The summed E-state index contributed by atoms with van der Waals surface area (Å²) in [4.78, 5) is 0.205. The van der Waals surface area contributed by atoms with Crippen LogP contribution in [0.1, 0.15) is 56.9 Å². The van der Waals surface area contributed by atoms with Gasteiger partial charge in [-0.2, -0.15) is 17.5 Å². The lowest BCUT2D eigenvalue weighted by Crippen LogP contribution is -2.38. The number of benzene rings is 1. The van der Waals surface area contributed by atoms with Crippen molar-refractivity contribution in [3.63, 3.8) is 0 Å². The van der Waals surface area contributed by atoms with Gasteiger partial charge < -0.3 is 4.42 Å². The van der Waals surface area contributed by atoms with Crippen molar-refractivity contribution in [3.8, 4) is 0 Å². The number of rotatable bonds is 3. The molecule has 154 valence electrons. The van der Waals surface area contributed by atoms with Crippen molar-refractivity contribution >= 4 is 10.0 Å². The fourth-order valence-corrected chi connectivity index (χ4v) is 4.60.